The Morgan fingerprint density at radius 1 is 0.909 bits per heavy atom. The first kappa shape index (κ1) is 14.8. The van der Waals surface area contributed by atoms with Crippen LogP contribution >= 0.6 is 0 Å². The van der Waals surface area contributed by atoms with Gasteiger partial charge in [-0.2, -0.15) is 13.2 Å². The van der Waals surface area contributed by atoms with Crippen molar-refractivity contribution in [3.63, 3.8) is 0 Å². The van der Waals surface area contributed by atoms with E-state index in [1.165, 1.54) is 12.3 Å². The van der Waals surface area contributed by atoms with Gasteiger partial charge in [0, 0.05) is 17.1 Å². The Hall–Kier alpha value is -2.10. The lowest BCUT2D eigenvalue weighted by atomic mass is 10.0. The van der Waals surface area contributed by atoms with Crippen molar-refractivity contribution in [2.24, 2.45) is 0 Å². The van der Waals surface area contributed by atoms with E-state index < -0.39 is 11.9 Å². The molecule has 0 aliphatic rings. The molecule has 2 heterocycles. The Bertz CT molecular complexity index is 819. The Morgan fingerprint density at radius 2 is 1.68 bits per heavy atom. The molecule has 0 saturated heterocycles. The summed E-state index contributed by atoms with van der Waals surface area (Å²) in [4.78, 5) is 7.72. The number of aromatic nitrogens is 2. The maximum Gasteiger partial charge on any atom is 0.482 e. The van der Waals surface area contributed by atoms with E-state index in [9.17, 15) is 13.2 Å². The standard InChI is InChI=1S/C15H9F3N2O.Al/c16-15(17,18)14-4-3-11(7-20-14)9-1-2-10-5-12(21)8-19-13(10)6-9;/h1-8,21H;/q;+1/p-1. The van der Waals surface area contributed by atoms with Crippen LogP contribution in [0, 0.1) is 0 Å². The van der Waals surface area contributed by atoms with Crippen LogP contribution in [0.15, 0.2) is 48.8 Å². The van der Waals surface area contributed by atoms with Crippen LogP contribution in [0.5, 0.6) is 5.75 Å². The van der Waals surface area contributed by atoms with Crippen molar-refractivity contribution < 1.29 is 17.0 Å². The highest BCUT2D eigenvalue weighted by Gasteiger charge is 2.32. The Balaban J connectivity index is 1.99. The summed E-state index contributed by atoms with van der Waals surface area (Å²) in [6.45, 7) is 0. The second-order valence-corrected chi connectivity index (χ2v) is 4.86. The van der Waals surface area contributed by atoms with Crippen LogP contribution in [-0.4, -0.2) is 26.6 Å². The zero-order chi connectivity index (χ0) is 15.7. The Kier molecular flexibility index (Phi) is 3.77. The molecule has 0 unspecified atom stereocenters. The number of hydrogen-bond donors (Lipinski definition) is 0. The number of fused-ring (bicyclic) bond motifs is 1. The summed E-state index contributed by atoms with van der Waals surface area (Å²) < 4.78 is 42.6. The minimum atomic E-state index is -4.43. The summed E-state index contributed by atoms with van der Waals surface area (Å²) in [5, 5.41) is 0.878. The second-order valence-electron chi connectivity index (χ2n) is 4.63. The van der Waals surface area contributed by atoms with E-state index in [2.05, 4.69) is 26.6 Å². The summed E-state index contributed by atoms with van der Waals surface area (Å²) >= 11 is 2.15. The van der Waals surface area contributed by atoms with Crippen molar-refractivity contribution in [3.05, 3.63) is 54.5 Å². The van der Waals surface area contributed by atoms with Crippen LogP contribution in [-0.2, 0) is 6.18 Å². The van der Waals surface area contributed by atoms with E-state index in [1.807, 2.05) is 12.1 Å². The fourth-order valence-electron chi connectivity index (χ4n) is 2.08. The molecule has 0 spiro atoms. The van der Waals surface area contributed by atoms with Gasteiger partial charge in [-0.25, -0.2) is 0 Å². The number of rotatable bonds is 2. The minimum absolute atomic E-state index is 0.600. The molecule has 0 N–H and O–H groups in total. The molecule has 3 aromatic rings. The first-order valence-electron chi connectivity index (χ1n) is 6.27. The maximum atomic E-state index is 12.5. The molecule has 0 atom stereocenters. The van der Waals surface area contributed by atoms with Gasteiger partial charge >= 0.3 is 22.8 Å². The lowest BCUT2D eigenvalue weighted by Gasteiger charge is -2.08. The SMILES string of the molecule is FC(F)(F)c1ccc(-c2ccc3cc([O][Al])cnc3c2)cn1. The highest BCUT2D eigenvalue weighted by atomic mass is 27.1. The van der Waals surface area contributed by atoms with Gasteiger partial charge in [-0.1, -0.05) is 18.2 Å². The summed E-state index contributed by atoms with van der Waals surface area (Å²) in [5.74, 6) is 0.612. The molecule has 2 aromatic heterocycles. The van der Waals surface area contributed by atoms with Crippen LogP contribution in [0.4, 0.5) is 13.2 Å². The first-order chi connectivity index (χ1) is 10.5. The van der Waals surface area contributed by atoms with Crippen molar-refractivity contribution >= 4 is 27.5 Å². The molecule has 2 radical (unpaired) electrons. The Labute approximate surface area is 132 Å². The van der Waals surface area contributed by atoms with E-state index >= 15 is 0 Å². The molecular formula is C15H8AlF3N2O. The average molecular weight is 316 g/mol. The molecule has 7 heteroatoms. The topological polar surface area (TPSA) is 35.0 Å². The van der Waals surface area contributed by atoms with Gasteiger partial charge in [-0.05, 0) is 23.8 Å². The van der Waals surface area contributed by atoms with Crippen LogP contribution in [0.2, 0.25) is 0 Å². The smallest absolute Gasteiger partial charge is 0.482 e. The van der Waals surface area contributed by atoms with Crippen molar-refractivity contribution in [1.82, 2.24) is 9.97 Å². The zero-order valence-corrected chi connectivity index (χ0v) is 12.3. The largest absolute Gasteiger partial charge is 0.653 e. The molecule has 3 rings (SSSR count). The number of alkyl halides is 3. The van der Waals surface area contributed by atoms with E-state index in [0.29, 0.717) is 11.3 Å². The Morgan fingerprint density at radius 3 is 2.32 bits per heavy atom. The van der Waals surface area contributed by atoms with Gasteiger partial charge in [-0.3, -0.25) is 9.97 Å². The monoisotopic (exact) mass is 316 g/mol. The zero-order valence-electron chi connectivity index (χ0n) is 11.1. The first-order valence-corrected chi connectivity index (χ1v) is 6.75. The fraction of sp³-hybridized carbons (Fsp3) is 0.0667. The van der Waals surface area contributed by atoms with Crippen LogP contribution < -0.4 is 3.79 Å². The summed E-state index contributed by atoms with van der Waals surface area (Å²) in [7, 11) is 0. The van der Waals surface area contributed by atoms with Crippen LogP contribution in [0.1, 0.15) is 5.69 Å². The van der Waals surface area contributed by atoms with Gasteiger partial charge < -0.3 is 3.79 Å². The lowest BCUT2D eigenvalue weighted by Crippen LogP contribution is -2.07. The maximum absolute atomic E-state index is 12.5. The molecule has 1 aromatic carbocycles. The van der Waals surface area contributed by atoms with Crippen LogP contribution in [0.3, 0.4) is 0 Å². The summed E-state index contributed by atoms with van der Waals surface area (Å²) in [6, 6.07) is 9.63. The van der Waals surface area contributed by atoms with E-state index in [4.69, 9.17) is 3.79 Å². The molecule has 0 aliphatic heterocycles. The molecule has 0 fully saturated rings. The molecule has 0 bridgehead atoms. The van der Waals surface area contributed by atoms with Crippen LogP contribution in [0.25, 0.3) is 22.0 Å². The van der Waals surface area contributed by atoms with Gasteiger partial charge in [-0.15, -0.1) is 0 Å². The van der Waals surface area contributed by atoms with Crippen molar-refractivity contribution in [2.45, 2.75) is 6.18 Å². The van der Waals surface area contributed by atoms with Crippen molar-refractivity contribution in [1.29, 1.82) is 0 Å². The predicted octanol–water partition coefficient (Wildman–Crippen LogP) is 3.78. The van der Waals surface area contributed by atoms with Gasteiger partial charge in [0.1, 0.15) is 5.69 Å². The number of benzene rings is 1. The van der Waals surface area contributed by atoms with Gasteiger partial charge in [0.15, 0.2) is 0 Å². The van der Waals surface area contributed by atoms with E-state index in [0.717, 1.165) is 22.5 Å². The third kappa shape index (κ3) is 2.91. The van der Waals surface area contributed by atoms with E-state index in [-0.39, 0.29) is 0 Å². The summed E-state index contributed by atoms with van der Waals surface area (Å²) in [6.07, 6.45) is -1.65. The predicted molar refractivity (Wildman–Crippen MR) is 76.4 cm³/mol. The normalized spacial score (nSPS) is 11.6. The minimum Gasteiger partial charge on any atom is -0.653 e. The lowest BCUT2D eigenvalue weighted by molar-refractivity contribution is -0.141. The van der Waals surface area contributed by atoms with Gasteiger partial charge in [0.25, 0.3) is 0 Å². The average Bonchev–Trinajstić information content (AvgIpc) is 2.53. The molecule has 0 amide bonds. The van der Waals surface area contributed by atoms with Gasteiger partial charge in [0.05, 0.1) is 17.5 Å². The third-order valence-electron chi connectivity index (χ3n) is 3.18. The fourth-order valence-corrected chi connectivity index (χ4v) is 2.21. The number of nitrogens with zero attached hydrogens (tertiary/aromatic N) is 2. The molecule has 0 saturated carbocycles. The molecule has 0 aliphatic carbocycles. The molecule has 3 nitrogen and oxygen atoms in total. The van der Waals surface area contributed by atoms with Gasteiger partial charge in [0.2, 0.25) is 0 Å². The highest BCUT2D eigenvalue weighted by Crippen LogP contribution is 2.30. The summed E-state index contributed by atoms with van der Waals surface area (Å²) in [5.41, 5.74) is 1.17. The highest BCUT2D eigenvalue weighted by molar-refractivity contribution is 6.00. The van der Waals surface area contributed by atoms with Crippen molar-refractivity contribution in [3.8, 4) is 16.9 Å². The third-order valence-corrected chi connectivity index (χ3v) is 3.45. The van der Waals surface area contributed by atoms with Crippen molar-refractivity contribution in [2.75, 3.05) is 0 Å². The number of halogens is 3. The second kappa shape index (κ2) is 5.60. The quantitative estimate of drug-likeness (QED) is 0.675. The number of hydrogen-bond acceptors (Lipinski definition) is 3. The molecule has 108 valence electrons. The van der Waals surface area contributed by atoms with E-state index in [1.54, 1.807) is 18.3 Å². The molecular weight excluding hydrogens is 308 g/mol. The molecule has 22 heavy (non-hydrogen) atoms. The number of pyridine rings is 2.